The van der Waals surface area contributed by atoms with Gasteiger partial charge in [0.2, 0.25) is 10.0 Å². The standard InChI is InChI=1S/C20H23FN4O4S/c1-13-20(14(2)29-24-13)30(26,27)25-10-5-7-18(25)17-12-15(22-23-17)9-11-28-19-8-4-3-6-16(19)21/h3-4,6,8,12,18H,5,7,9-11H2,1-2H3,(H,22,23)/t18-/m0/s1. The normalized spacial score (nSPS) is 17.5. The first-order chi connectivity index (χ1) is 14.4. The van der Waals surface area contributed by atoms with E-state index in [9.17, 15) is 12.8 Å². The summed E-state index contributed by atoms with van der Waals surface area (Å²) in [6, 6.07) is 7.72. The topological polar surface area (TPSA) is 101 Å². The van der Waals surface area contributed by atoms with E-state index in [0.29, 0.717) is 30.8 Å². The van der Waals surface area contributed by atoms with E-state index >= 15 is 0 Å². The first-order valence-corrected chi connectivity index (χ1v) is 11.2. The van der Waals surface area contributed by atoms with Gasteiger partial charge in [-0.1, -0.05) is 17.3 Å². The fraction of sp³-hybridized carbons (Fsp3) is 0.400. The fourth-order valence-corrected chi connectivity index (χ4v) is 5.76. The number of hydrogen-bond donors (Lipinski definition) is 1. The lowest BCUT2D eigenvalue weighted by atomic mass is 10.1. The predicted octanol–water partition coefficient (Wildman–Crippen LogP) is 3.30. The second-order valence-electron chi connectivity index (χ2n) is 7.27. The van der Waals surface area contributed by atoms with Gasteiger partial charge in [0, 0.05) is 18.7 Å². The summed E-state index contributed by atoms with van der Waals surface area (Å²) in [5.74, 6) is 0.0739. The first kappa shape index (κ1) is 20.5. The van der Waals surface area contributed by atoms with Crippen LogP contribution in [0, 0.1) is 19.7 Å². The maximum absolute atomic E-state index is 13.6. The number of aryl methyl sites for hydroxylation is 2. The van der Waals surface area contributed by atoms with Gasteiger partial charge in [-0.05, 0) is 44.9 Å². The molecule has 4 rings (SSSR count). The van der Waals surface area contributed by atoms with Crippen molar-refractivity contribution < 1.29 is 22.1 Å². The minimum atomic E-state index is -3.75. The number of nitrogens with zero attached hydrogens (tertiary/aromatic N) is 3. The van der Waals surface area contributed by atoms with Crippen LogP contribution in [0.2, 0.25) is 0 Å². The zero-order chi connectivity index (χ0) is 21.3. The van der Waals surface area contributed by atoms with E-state index in [0.717, 1.165) is 12.1 Å². The van der Waals surface area contributed by atoms with Gasteiger partial charge >= 0.3 is 0 Å². The molecule has 2 aromatic heterocycles. The summed E-state index contributed by atoms with van der Waals surface area (Å²) in [7, 11) is -3.75. The molecule has 10 heteroatoms. The molecule has 1 N–H and O–H groups in total. The Labute approximate surface area is 174 Å². The molecule has 3 aromatic rings. The maximum Gasteiger partial charge on any atom is 0.249 e. The molecule has 0 amide bonds. The highest BCUT2D eigenvalue weighted by molar-refractivity contribution is 7.89. The molecule has 1 saturated heterocycles. The smallest absolute Gasteiger partial charge is 0.249 e. The molecule has 0 saturated carbocycles. The lowest BCUT2D eigenvalue weighted by Crippen LogP contribution is -2.31. The number of aromatic nitrogens is 3. The van der Waals surface area contributed by atoms with Crippen molar-refractivity contribution >= 4 is 10.0 Å². The Bertz CT molecular complexity index is 1120. The summed E-state index contributed by atoms with van der Waals surface area (Å²) in [4.78, 5) is 0.128. The average Bonchev–Trinajstić information content (AvgIpc) is 3.43. The molecule has 0 unspecified atom stereocenters. The molecular formula is C20H23FN4O4S. The number of H-pyrrole nitrogens is 1. The molecule has 160 valence electrons. The quantitative estimate of drug-likeness (QED) is 0.612. The van der Waals surface area contributed by atoms with Crippen molar-refractivity contribution in [2.75, 3.05) is 13.2 Å². The number of benzene rings is 1. The fourth-order valence-electron chi connectivity index (χ4n) is 3.79. The Morgan fingerprint density at radius 3 is 2.87 bits per heavy atom. The third-order valence-electron chi connectivity index (χ3n) is 5.20. The van der Waals surface area contributed by atoms with Crippen LogP contribution >= 0.6 is 0 Å². The molecule has 0 bridgehead atoms. The van der Waals surface area contributed by atoms with Crippen LogP contribution in [0.15, 0.2) is 39.8 Å². The Hall–Kier alpha value is -2.72. The molecule has 1 atom stereocenters. The third kappa shape index (κ3) is 3.84. The molecule has 0 aliphatic carbocycles. The molecule has 1 aliphatic rings. The van der Waals surface area contributed by atoms with Crippen molar-refractivity contribution in [3.05, 3.63) is 59.0 Å². The highest BCUT2D eigenvalue weighted by Crippen LogP contribution is 2.37. The summed E-state index contributed by atoms with van der Waals surface area (Å²) in [5.41, 5.74) is 1.80. The van der Waals surface area contributed by atoms with E-state index in [1.165, 1.54) is 10.4 Å². The van der Waals surface area contributed by atoms with Crippen LogP contribution in [0.25, 0.3) is 0 Å². The monoisotopic (exact) mass is 434 g/mol. The summed E-state index contributed by atoms with van der Waals surface area (Å²) in [6.45, 7) is 3.90. The van der Waals surface area contributed by atoms with Gasteiger partial charge in [-0.15, -0.1) is 0 Å². The van der Waals surface area contributed by atoms with E-state index in [1.807, 2.05) is 6.07 Å². The molecular weight excluding hydrogens is 411 g/mol. The zero-order valence-electron chi connectivity index (χ0n) is 16.8. The van der Waals surface area contributed by atoms with Crippen LogP contribution in [0.1, 0.15) is 41.7 Å². The highest BCUT2D eigenvalue weighted by atomic mass is 32.2. The van der Waals surface area contributed by atoms with Crippen LogP contribution in [-0.4, -0.2) is 41.2 Å². The summed E-state index contributed by atoms with van der Waals surface area (Å²) in [6.07, 6.45) is 1.91. The first-order valence-electron chi connectivity index (χ1n) is 9.74. The van der Waals surface area contributed by atoms with Crippen LogP contribution in [0.3, 0.4) is 0 Å². The molecule has 0 spiro atoms. The molecule has 8 nitrogen and oxygen atoms in total. The molecule has 30 heavy (non-hydrogen) atoms. The van der Waals surface area contributed by atoms with Crippen LogP contribution in [-0.2, 0) is 16.4 Å². The minimum absolute atomic E-state index is 0.128. The molecule has 1 aromatic carbocycles. The Kier molecular flexibility index (Phi) is 5.61. The van der Waals surface area contributed by atoms with Gasteiger partial charge < -0.3 is 9.26 Å². The number of para-hydroxylation sites is 1. The zero-order valence-corrected chi connectivity index (χ0v) is 17.6. The Morgan fingerprint density at radius 1 is 1.33 bits per heavy atom. The largest absolute Gasteiger partial charge is 0.490 e. The van der Waals surface area contributed by atoms with Crippen molar-refractivity contribution in [2.45, 2.75) is 44.0 Å². The number of rotatable bonds is 7. The van der Waals surface area contributed by atoms with Crippen LogP contribution in [0.5, 0.6) is 5.75 Å². The maximum atomic E-state index is 13.6. The molecule has 1 aliphatic heterocycles. The second kappa shape index (κ2) is 8.19. The van der Waals surface area contributed by atoms with E-state index in [4.69, 9.17) is 9.26 Å². The summed E-state index contributed by atoms with van der Waals surface area (Å²) < 4.78 is 52.1. The van der Waals surface area contributed by atoms with Gasteiger partial charge in [-0.3, -0.25) is 5.10 Å². The number of hydrogen-bond acceptors (Lipinski definition) is 6. The van der Waals surface area contributed by atoms with Gasteiger partial charge in [0.15, 0.2) is 17.3 Å². The average molecular weight is 434 g/mol. The van der Waals surface area contributed by atoms with E-state index in [-0.39, 0.29) is 29.1 Å². The number of nitrogens with one attached hydrogen (secondary N) is 1. The number of halogens is 1. The van der Waals surface area contributed by atoms with Gasteiger partial charge in [0.05, 0.1) is 18.3 Å². The van der Waals surface area contributed by atoms with Crippen molar-refractivity contribution in [1.82, 2.24) is 19.7 Å². The number of ether oxygens (including phenoxy) is 1. The van der Waals surface area contributed by atoms with E-state index in [1.54, 1.807) is 32.0 Å². The molecule has 0 radical (unpaired) electrons. The SMILES string of the molecule is Cc1noc(C)c1S(=O)(=O)N1CCC[C@H]1c1cc(CCOc2ccccc2F)[nH]n1. The van der Waals surface area contributed by atoms with Crippen LogP contribution in [0.4, 0.5) is 4.39 Å². The molecule has 3 heterocycles. The number of sulfonamides is 1. The summed E-state index contributed by atoms with van der Waals surface area (Å²) >= 11 is 0. The van der Waals surface area contributed by atoms with Crippen LogP contribution < -0.4 is 4.74 Å². The van der Waals surface area contributed by atoms with Gasteiger partial charge in [-0.25, -0.2) is 12.8 Å². The lowest BCUT2D eigenvalue weighted by Gasteiger charge is -2.22. The third-order valence-corrected chi connectivity index (χ3v) is 7.35. The number of aromatic amines is 1. The lowest BCUT2D eigenvalue weighted by molar-refractivity contribution is 0.304. The van der Waals surface area contributed by atoms with Crippen molar-refractivity contribution in [1.29, 1.82) is 0 Å². The Morgan fingerprint density at radius 2 is 2.13 bits per heavy atom. The van der Waals surface area contributed by atoms with Gasteiger partial charge in [0.25, 0.3) is 0 Å². The highest BCUT2D eigenvalue weighted by Gasteiger charge is 2.40. The van der Waals surface area contributed by atoms with Gasteiger partial charge in [-0.2, -0.15) is 9.40 Å². The van der Waals surface area contributed by atoms with E-state index in [2.05, 4.69) is 15.4 Å². The van der Waals surface area contributed by atoms with Gasteiger partial charge in [0.1, 0.15) is 10.6 Å². The van der Waals surface area contributed by atoms with E-state index < -0.39 is 15.8 Å². The summed E-state index contributed by atoms with van der Waals surface area (Å²) in [5, 5.41) is 11.0. The Balaban J connectivity index is 1.47. The minimum Gasteiger partial charge on any atom is -0.490 e. The van der Waals surface area contributed by atoms with Crippen molar-refractivity contribution in [3.8, 4) is 5.75 Å². The predicted molar refractivity (Wildman–Crippen MR) is 106 cm³/mol. The van der Waals surface area contributed by atoms with Crippen molar-refractivity contribution in [2.24, 2.45) is 0 Å². The second-order valence-corrected chi connectivity index (χ2v) is 9.10. The molecule has 1 fully saturated rings. The van der Waals surface area contributed by atoms with Crippen molar-refractivity contribution in [3.63, 3.8) is 0 Å².